The van der Waals surface area contributed by atoms with Crippen molar-refractivity contribution >= 4 is 17.4 Å². The number of carbonyl (C=O) groups excluding carboxylic acids is 1. The van der Waals surface area contributed by atoms with Crippen molar-refractivity contribution in [3.8, 4) is 22.9 Å². The van der Waals surface area contributed by atoms with Gasteiger partial charge in [-0.3, -0.25) is 9.20 Å². The van der Waals surface area contributed by atoms with E-state index < -0.39 is 0 Å². The van der Waals surface area contributed by atoms with Crippen molar-refractivity contribution < 1.29 is 14.3 Å². The predicted molar refractivity (Wildman–Crippen MR) is 108 cm³/mol. The molecule has 0 N–H and O–H groups in total. The summed E-state index contributed by atoms with van der Waals surface area (Å²) in [5, 5.41) is 8.24. The third-order valence-electron chi connectivity index (χ3n) is 4.64. The van der Waals surface area contributed by atoms with Gasteiger partial charge in [-0.1, -0.05) is 12.1 Å². The number of ether oxygens (including phenoxy) is 2. The molecule has 29 heavy (non-hydrogen) atoms. The van der Waals surface area contributed by atoms with E-state index in [-0.39, 0.29) is 5.91 Å². The summed E-state index contributed by atoms with van der Waals surface area (Å²) in [6.45, 7) is 0. The molecular weight excluding hydrogens is 370 g/mol. The third-order valence-corrected chi connectivity index (χ3v) is 4.64. The molecule has 4 aromatic rings. The van der Waals surface area contributed by atoms with Crippen LogP contribution in [0.25, 0.3) is 17.2 Å². The summed E-state index contributed by atoms with van der Waals surface area (Å²) in [6.07, 6.45) is 3.52. The number of carbonyl (C=O) groups is 1. The minimum atomic E-state index is -0.142. The molecule has 0 aliphatic heterocycles. The molecule has 2 aromatic heterocycles. The van der Waals surface area contributed by atoms with Crippen molar-refractivity contribution in [1.29, 1.82) is 0 Å². The van der Waals surface area contributed by atoms with E-state index in [0.717, 1.165) is 5.56 Å². The molecule has 0 unspecified atom stereocenters. The van der Waals surface area contributed by atoms with Gasteiger partial charge in [-0.2, -0.15) is 0 Å². The van der Waals surface area contributed by atoms with Gasteiger partial charge in [0.1, 0.15) is 0 Å². The summed E-state index contributed by atoms with van der Waals surface area (Å²) in [5.41, 5.74) is 2.10. The Morgan fingerprint density at radius 2 is 1.76 bits per heavy atom. The molecule has 0 saturated carbocycles. The summed E-state index contributed by atoms with van der Waals surface area (Å²) >= 11 is 0. The van der Waals surface area contributed by atoms with E-state index >= 15 is 0 Å². The van der Waals surface area contributed by atoms with Crippen molar-refractivity contribution in [1.82, 2.24) is 19.6 Å². The SMILES string of the molecule is COc1ccc(N(C)C(=O)c2ccc(-c3nnc4ncccn34)cc2)cc1OC. The average molecular weight is 389 g/mol. The zero-order chi connectivity index (χ0) is 20.4. The molecular formula is C21H19N5O3. The van der Waals surface area contributed by atoms with Crippen LogP contribution in [0.3, 0.4) is 0 Å². The highest BCUT2D eigenvalue weighted by Crippen LogP contribution is 2.31. The maximum absolute atomic E-state index is 12.9. The van der Waals surface area contributed by atoms with E-state index in [4.69, 9.17) is 9.47 Å². The van der Waals surface area contributed by atoms with Crippen LogP contribution in [-0.4, -0.2) is 46.8 Å². The first kappa shape index (κ1) is 18.4. The van der Waals surface area contributed by atoms with Gasteiger partial charge in [0.15, 0.2) is 17.3 Å². The molecule has 0 aliphatic rings. The average Bonchev–Trinajstić information content (AvgIpc) is 3.22. The van der Waals surface area contributed by atoms with Crippen LogP contribution in [0.4, 0.5) is 5.69 Å². The lowest BCUT2D eigenvalue weighted by Crippen LogP contribution is -2.26. The van der Waals surface area contributed by atoms with Gasteiger partial charge >= 0.3 is 0 Å². The second-order valence-corrected chi connectivity index (χ2v) is 6.29. The lowest BCUT2D eigenvalue weighted by atomic mass is 10.1. The normalized spacial score (nSPS) is 10.7. The molecule has 1 amide bonds. The van der Waals surface area contributed by atoms with E-state index in [1.807, 2.05) is 30.5 Å². The number of nitrogens with zero attached hydrogens (tertiary/aromatic N) is 5. The van der Waals surface area contributed by atoms with Gasteiger partial charge in [0.25, 0.3) is 11.7 Å². The molecule has 0 bridgehead atoms. The van der Waals surface area contributed by atoms with E-state index in [2.05, 4.69) is 15.2 Å². The van der Waals surface area contributed by atoms with Crippen molar-refractivity contribution in [2.24, 2.45) is 0 Å². The second kappa shape index (κ2) is 7.59. The summed E-state index contributed by atoms with van der Waals surface area (Å²) < 4.78 is 12.4. The molecule has 0 saturated heterocycles. The standard InChI is InChI=1S/C21H19N5O3/c1-25(16-9-10-17(28-2)18(13-16)29-3)20(27)15-7-5-14(6-8-15)19-23-24-21-22-11-4-12-26(19)21/h4-13H,1-3H3. The number of methoxy groups -OCH3 is 2. The molecule has 8 heteroatoms. The highest BCUT2D eigenvalue weighted by atomic mass is 16.5. The summed E-state index contributed by atoms with van der Waals surface area (Å²) in [7, 11) is 4.85. The van der Waals surface area contributed by atoms with Gasteiger partial charge in [-0.05, 0) is 30.3 Å². The zero-order valence-electron chi connectivity index (χ0n) is 16.2. The number of hydrogen-bond donors (Lipinski definition) is 0. The van der Waals surface area contributed by atoms with E-state index in [9.17, 15) is 4.79 Å². The molecule has 0 radical (unpaired) electrons. The van der Waals surface area contributed by atoms with Crippen molar-refractivity contribution in [2.75, 3.05) is 26.2 Å². The topological polar surface area (TPSA) is 81.9 Å². The monoisotopic (exact) mass is 389 g/mol. The van der Waals surface area contributed by atoms with Gasteiger partial charge in [0.05, 0.1) is 14.2 Å². The predicted octanol–water partition coefficient (Wildman–Crippen LogP) is 3.09. The molecule has 146 valence electrons. The van der Waals surface area contributed by atoms with Gasteiger partial charge < -0.3 is 14.4 Å². The van der Waals surface area contributed by atoms with E-state index in [1.54, 1.807) is 61.0 Å². The lowest BCUT2D eigenvalue weighted by molar-refractivity contribution is 0.0993. The smallest absolute Gasteiger partial charge is 0.258 e. The fourth-order valence-corrected chi connectivity index (χ4v) is 3.05. The van der Waals surface area contributed by atoms with Crippen LogP contribution in [0.1, 0.15) is 10.4 Å². The summed E-state index contributed by atoms with van der Waals surface area (Å²) in [4.78, 5) is 18.6. The maximum Gasteiger partial charge on any atom is 0.258 e. The van der Waals surface area contributed by atoms with E-state index in [1.165, 1.54) is 0 Å². The highest BCUT2D eigenvalue weighted by Gasteiger charge is 2.16. The van der Waals surface area contributed by atoms with Crippen molar-refractivity contribution in [2.45, 2.75) is 0 Å². The van der Waals surface area contributed by atoms with Crippen LogP contribution in [0.2, 0.25) is 0 Å². The maximum atomic E-state index is 12.9. The minimum absolute atomic E-state index is 0.142. The molecule has 0 aliphatic carbocycles. The Labute approximate surface area is 167 Å². The van der Waals surface area contributed by atoms with Crippen LogP contribution >= 0.6 is 0 Å². The Bertz CT molecular complexity index is 1170. The Balaban J connectivity index is 1.59. The summed E-state index contributed by atoms with van der Waals surface area (Å²) in [6, 6.07) is 14.4. The highest BCUT2D eigenvalue weighted by molar-refractivity contribution is 6.06. The number of hydrogen-bond acceptors (Lipinski definition) is 6. The van der Waals surface area contributed by atoms with Gasteiger partial charge in [0, 0.05) is 42.3 Å². The Morgan fingerprint density at radius 3 is 2.48 bits per heavy atom. The number of amides is 1. The van der Waals surface area contributed by atoms with Gasteiger partial charge in [-0.25, -0.2) is 4.98 Å². The van der Waals surface area contributed by atoms with Crippen LogP contribution < -0.4 is 14.4 Å². The van der Waals surface area contributed by atoms with Gasteiger partial charge in [-0.15, -0.1) is 10.2 Å². The largest absolute Gasteiger partial charge is 0.493 e. The molecule has 0 spiro atoms. The van der Waals surface area contributed by atoms with E-state index in [0.29, 0.717) is 34.4 Å². The quantitative estimate of drug-likeness (QED) is 0.522. The first-order valence-electron chi connectivity index (χ1n) is 8.88. The first-order valence-corrected chi connectivity index (χ1v) is 8.88. The Morgan fingerprint density at radius 1 is 1.00 bits per heavy atom. The Kier molecular flexibility index (Phi) is 4.82. The fraction of sp³-hybridized carbons (Fsp3) is 0.143. The molecule has 2 aromatic carbocycles. The minimum Gasteiger partial charge on any atom is -0.493 e. The number of anilines is 1. The molecule has 0 atom stereocenters. The first-order chi connectivity index (χ1) is 14.1. The molecule has 2 heterocycles. The number of aromatic nitrogens is 4. The van der Waals surface area contributed by atoms with Gasteiger partial charge in [0.2, 0.25) is 0 Å². The van der Waals surface area contributed by atoms with Crippen molar-refractivity contribution in [3.63, 3.8) is 0 Å². The lowest BCUT2D eigenvalue weighted by Gasteiger charge is -2.19. The van der Waals surface area contributed by atoms with Crippen LogP contribution in [0.5, 0.6) is 11.5 Å². The number of benzene rings is 2. The summed E-state index contributed by atoms with van der Waals surface area (Å²) in [5.74, 6) is 2.22. The third kappa shape index (κ3) is 3.36. The Hall–Kier alpha value is -3.94. The van der Waals surface area contributed by atoms with Crippen molar-refractivity contribution in [3.05, 3.63) is 66.5 Å². The fourth-order valence-electron chi connectivity index (χ4n) is 3.05. The number of fused-ring (bicyclic) bond motifs is 1. The molecule has 8 nitrogen and oxygen atoms in total. The zero-order valence-corrected chi connectivity index (χ0v) is 16.2. The molecule has 4 rings (SSSR count). The number of rotatable bonds is 5. The molecule has 0 fully saturated rings. The van der Waals surface area contributed by atoms with Crippen LogP contribution in [0.15, 0.2) is 60.9 Å². The van der Waals surface area contributed by atoms with Crippen LogP contribution in [0, 0.1) is 0 Å². The van der Waals surface area contributed by atoms with Crippen LogP contribution in [-0.2, 0) is 0 Å². The second-order valence-electron chi connectivity index (χ2n) is 6.29.